The molecule has 3 heterocycles. The number of nitrogens with one attached hydrogen (secondary N) is 2. The zero-order chi connectivity index (χ0) is 28.6. The first-order valence-electron chi connectivity index (χ1n) is 13.0. The number of para-hydroxylation sites is 2. The van der Waals surface area contributed by atoms with Gasteiger partial charge in [0.1, 0.15) is 9.96 Å². The molecule has 0 aliphatic carbocycles. The molecule has 0 radical (unpaired) electrons. The number of hydrogen-bond donors (Lipinski definition) is 2. The first-order chi connectivity index (χ1) is 19.8. The molecule has 0 spiro atoms. The van der Waals surface area contributed by atoms with Crippen LogP contribution in [-0.2, 0) is 16.6 Å². The van der Waals surface area contributed by atoms with Crippen LogP contribution in [0.2, 0.25) is 10.0 Å². The van der Waals surface area contributed by atoms with E-state index in [1.54, 1.807) is 36.4 Å². The van der Waals surface area contributed by atoms with Gasteiger partial charge in [-0.2, -0.15) is 4.31 Å². The molecule has 1 unspecified atom stereocenters. The van der Waals surface area contributed by atoms with Crippen molar-refractivity contribution in [1.29, 1.82) is 0 Å². The number of halogens is 2. The van der Waals surface area contributed by atoms with E-state index in [0.717, 1.165) is 33.2 Å². The molecule has 212 valence electrons. The topological polar surface area (TPSA) is 91.0 Å². The molecule has 1 aromatic heterocycles. The summed E-state index contributed by atoms with van der Waals surface area (Å²) in [5.41, 5.74) is 3.14. The molecule has 2 aliphatic heterocycles. The number of sulfonamides is 1. The van der Waals surface area contributed by atoms with Gasteiger partial charge in [0.15, 0.2) is 6.23 Å². The minimum Gasteiger partial charge on any atom is -0.469 e. The van der Waals surface area contributed by atoms with E-state index < -0.39 is 16.3 Å². The van der Waals surface area contributed by atoms with E-state index >= 15 is 0 Å². The third-order valence-electron chi connectivity index (χ3n) is 7.04. The summed E-state index contributed by atoms with van der Waals surface area (Å²) in [6, 6.07) is 23.3. The number of fused-ring (bicyclic) bond motifs is 2. The molecule has 0 bridgehead atoms. The Morgan fingerprint density at radius 1 is 0.927 bits per heavy atom. The minimum atomic E-state index is -3.69. The molecule has 8 nitrogen and oxygen atoms in total. The highest BCUT2D eigenvalue weighted by Crippen LogP contribution is 2.41. The van der Waals surface area contributed by atoms with Gasteiger partial charge < -0.3 is 15.4 Å². The molecular formula is C29H26Cl2N4O4S2. The van der Waals surface area contributed by atoms with Gasteiger partial charge >= 0.3 is 0 Å². The number of anilines is 2. The van der Waals surface area contributed by atoms with Crippen molar-refractivity contribution in [2.75, 3.05) is 31.5 Å². The molecule has 3 aromatic carbocycles. The first kappa shape index (κ1) is 28.0. The van der Waals surface area contributed by atoms with Crippen LogP contribution in [0.25, 0.3) is 0 Å². The van der Waals surface area contributed by atoms with Crippen LogP contribution >= 0.6 is 34.5 Å². The molecule has 2 aliphatic rings. The number of carbonyl (C=O) groups excluding carboxylic acids is 1. The molecule has 4 aromatic rings. The van der Waals surface area contributed by atoms with Gasteiger partial charge in [-0.15, -0.1) is 11.3 Å². The van der Waals surface area contributed by atoms with E-state index in [9.17, 15) is 13.2 Å². The Hall–Kier alpha value is -3.12. The maximum atomic E-state index is 13.5. The highest BCUT2D eigenvalue weighted by molar-refractivity contribution is 7.91. The standard InChI is InChI=1S/C29H26Cl2N4O4S2/c30-20-7-5-19(6-8-20)28(36)32-18-22-10-12-27(40-22)41(37,38)35-15-13-34(14-16-35)29-23-17-21(31)9-11-24(23)33-25-3-1-2-4-26(25)39-29/h1-12,17,29,33H,13-16,18H2,(H,32,36). The van der Waals surface area contributed by atoms with E-state index in [0.29, 0.717) is 47.5 Å². The normalized spacial score (nSPS) is 17.5. The highest BCUT2D eigenvalue weighted by atomic mass is 35.5. The van der Waals surface area contributed by atoms with Crippen LogP contribution in [0.4, 0.5) is 11.4 Å². The quantitative estimate of drug-likeness (QED) is 0.267. The van der Waals surface area contributed by atoms with Crippen LogP contribution in [0.3, 0.4) is 0 Å². The number of benzene rings is 3. The van der Waals surface area contributed by atoms with Crippen LogP contribution in [0.1, 0.15) is 27.0 Å². The third kappa shape index (κ3) is 5.94. The largest absolute Gasteiger partial charge is 0.469 e. The van der Waals surface area contributed by atoms with Gasteiger partial charge in [0.05, 0.1) is 12.2 Å². The highest BCUT2D eigenvalue weighted by Gasteiger charge is 2.35. The van der Waals surface area contributed by atoms with E-state index in [4.69, 9.17) is 27.9 Å². The number of nitrogens with zero attached hydrogens (tertiary/aromatic N) is 2. The fourth-order valence-corrected chi connectivity index (χ4v) is 8.07. The summed E-state index contributed by atoms with van der Waals surface area (Å²) in [4.78, 5) is 15.3. The van der Waals surface area contributed by atoms with Crippen molar-refractivity contribution in [3.05, 3.63) is 105 Å². The number of amides is 1. The van der Waals surface area contributed by atoms with Crippen LogP contribution in [0, 0.1) is 0 Å². The summed E-state index contributed by atoms with van der Waals surface area (Å²) < 4.78 is 35.2. The van der Waals surface area contributed by atoms with E-state index in [-0.39, 0.29) is 16.7 Å². The van der Waals surface area contributed by atoms with Crippen LogP contribution in [-0.4, -0.2) is 49.7 Å². The average molecular weight is 630 g/mol. The van der Waals surface area contributed by atoms with Gasteiger partial charge in [-0.05, 0) is 66.7 Å². The monoisotopic (exact) mass is 628 g/mol. The van der Waals surface area contributed by atoms with E-state index in [2.05, 4.69) is 15.5 Å². The Bertz CT molecular complexity index is 1690. The Labute approximate surface area is 252 Å². The number of carbonyl (C=O) groups is 1. The predicted octanol–water partition coefficient (Wildman–Crippen LogP) is 6.13. The van der Waals surface area contributed by atoms with Crippen molar-refractivity contribution in [1.82, 2.24) is 14.5 Å². The van der Waals surface area contributed by atoms with Crippen LogP contribution in [0.15, 0.2) is 83.1 Å². The van der Waals surface area contributed by atoms with Crippen LogP contribution < -0.4 is 15.4 Å². The molecule has 0 saturated carbocycles. The fraction of sp³-hybridized carbons (Fsp3) is 0.207. The van der Waals surface area contributed by atoms with Crippen molar-refractivity contribution in [2.45, 2.75) is 17.0 Å². The maximum absolute atomic E-state index is 13.5. The second-order valence-corrected chi connectivity index (χ2v) is 13.9. The number of hydrogen-bond acceptors (Lipinski definition) is 7. The van der Waals surface area contributed by atoms with Crippen LogP contribution in [0.5, 0.6) is 5.75 Å². The van der Waals surface area contributed by atoms with Gasteiger partial charge in [-0.3, -0.25) is 9.69 Å². The zero-order valence-electron chi connectivity index (χ0n) is 21.7. The molecule has 2 N–H and O–H groups in total. The fourth-order valence-electron chi connectivity index (χ4n) is 4.89. The molecule has 41 heavy (non-hydrogen) atoms. The second kappa shape index (κ2) is 11.6. The van der Waals surface area contributed by atoms with Gasteiger partial charge in [-0.25, -0.2) is 8.42 Å². The molecule has 1 fully saturated rings. The Kier molecular flexibility index (Phi) is 7.95. The smallest absolute Gasteiger partial charge is 0.252 e. The van der Waals surface area contributed by atoms with Crippen molar-refractivity contribution < 1.29 is 17.9 Å². The maximum Gasteiger partial charge on any atom is 0.252 e. The lowest BCUT2D eigenvalue weighted by Crippen LogP contribution is -2.50. The lowest BCUT2D eigenvalue weighted by molar-refractivity contribution is 0.00510. The third-order valence-corrected chi connectivity index (χ3v) is 11.0. The van der Waals surface area contributed by atoms with Gasteiger partial charge in [-0.1, -0.05) is 35.3 Å². The molecule has 1 amide bonds. The SMILES string of the molecule is O=C(NCc1ccc(S(=O)(=O)N2CCN(C3Oc4ccccc4Nc4ccc(Cl)cc43)CC2)s1)c1ccc(Cl)cc1. The number of rotatable bonds is 6. The van der Waals surface area contributed by atoms with Crippen molar-refractivity contribution in [3.8, 4) is 5.75 Å². The summed E-state index contributed by atoms with van der Waals surface area (Å²) >= 11 is 13.4. The molecule has 1 atom stereocenters. The minimum absolute atomic E-state index is 0.228. The summed E-state index contributed by atoms with van der Waals surface area (Å²) in [7, 11) is -3.69. The van der Waals surface area contributed by atoms with Crippen molar-refractivity contribution >= 4 is 61.8 Å². The van der Waals surface area contributed by atoms with Crippen molar-refractivity contribution in [3.63, 3.8) is 0 Å². The number of piperazine rings is 1. The second-order valence-electron chi connectivity index (χ2n) is 9.67. The Morgan fingerprint density at radius 2 is 1.66 bits per heavy atom. The molecular weight excluding hydrogens is 603 g/mol. The Balaban J connectivity index is 1.12. The average Bonchev–Trinajstić information content (AvgIpc) is 3.40. The van der Waals surface area contributed by atoms with Gasteiger partial charge in [0.2, 0.25) is 0 Å². The van der Waals surface area contributed by atoms with Crippen molar-refractivity contribution in [2.24, 2.45) is 0 Å². The van der Waals surface area contributed by atoms with E-state index in [1.807, 2.05) is 42.5 Å². The predicted molar refractivity (Wildman–Crippen MR) is 162 cm³/mol. The Morgan fingerprint density at radius 3 is 2.44 bits per heavy atom. The summed E-state index contributed by atoms with van der Waals surface area (Å²) in [6.45, 7) is 1.81. The van der Waals surface area contributed by atoms with E-state index in [1.165, 1.54) is 4.31 Å². The lowest BCUT2D eigenvalue weighted by Gasteiger charge is -2.38. The first-order valence-corrected chi connectivity index (χ1v) is 16.0. The lowest BCUT2D eigenvalue weighted by atomic mass is 10.1. The molecule has 1 saturated heterocycles. The van der Waals surface area contributed by atoms with Gasteiger partial charge in [0.25, 0.3) is 15.9 Å². The van der Waals surface area contributed by atoms with Gasteiger partial charge in [0, 0.05) is 57.9 Å². The molecule has 12 heteroatoms. The number of thiophene rings is 1. The summed E-state index contributed by atoms with van der Waals surface area (Å²) in [5.74, 6) is 0.464. The number of ether oxygens (including phenoxy) is 1. The summed E-state index contributed by atoms with van der Waals surface area (Å²) in [6.07, 6.45) is -0.428. The zero-order valence-corrected chi connectivity index (χ0v) is 24.9. The summed E-state index contributed by atoms with van der Waals surface area (Å²) in [5, 5.41) is 7.42. The molecule has 6 rings (SSSR count).